The second-order valence-corrected chi connectivity index (χ2v) is 9.29. The van der Waals surface area contributed by atoms with Gasteiger partial charge in [0.05, 0.1) is 10.7 Å². The molecule has 2 nitrogen and oxygen atoms in total. The maximum Gasteiger partial charge on any atom is 0.0993 e. The standard InChI is InChI=1S/C18H28N2S/c1-11(2)16-15(10-19-3)21-17(20-16)18-7-12-4-13(8-18)6-14(5-12)9-18/h11-14,19H,4-10H2,1-3H3. The van der Waals surface area contributed by atoms with Crippen LogP contribution in [0.2, 0.25) is 0 Å². The Hall–Kier alpha value is -0.410. The number of thiazole rings is 1. The van der Waals surface area contributed by atoms with Crippen molar-refractivity contribution in [2.75, 3.05) is 7.05 Å². The van der Waals surface area contributed by atoms with Gasteiger partial charge in [-0.05, 0) is 69.2 Å². The molecule has 0 radical (unpaired) electrons. The van der Waals surface area contributed by atoms with Crippen LogP contribution in [-0.4, -0.2) is 12.0 Å². The lowest BCUT2D eigenvalue weighted by atomic mass is 9.50. The van der Waals surface area contributed by atoms with Crippen LogP contribution in [0.4, 0.5) is 0 Å². The Morgan fingerprint density at radius 2 is 1.71 bits per heavy atom. The van der Waals surface area contributed by atoms with E-state index in [1.807, 2.05) is 18.4 Å². The number of nitrogens with one attached hydrogen (secondary N) is 1. The smallest absolute Gasteiger partial charge is 0.0993 e. The van der Waals surface area contributed by atoms with Gasteiger partial charge in [-0.2, -0.15) is 0 Å². The molecular formula is C18H28N2S. The molecule has 0 unspecified atom stereocenters. The number of hydrogen-bond donors (Lipinski definition) is 1. The molecule has 4 aliphatic rings. The summed E-state index contributed by atoms with van der Waals surface area (Å²) in [5, 5.41) is 4.83. The van der Waals surface area contributed by atoms with Gasteiger partial charge >= 0.3 is 0 Å². The molecule has 21 heavy (non-hydrogen) atoms. The van der Waals surface area contributed by atoms with Crippen LogP contribution in [0.3, 0.4) is 0 Å². The van der Waals surface area contributed by atoms with Crippen molar-refractivity contribution in [1.29, 1.82) is 0 Å². The Morgan fingerprint density at radius 1 is 1.14 bits per heavy atom. The van der Waals surface area contributed by atoms with Gasteiger partial charge in [0.1, 0.15) is 0 Å². The molecule has 1 heterocycles. The average molecular weight is 305 g/mol. The molecular weight excluding hydrogens is 276 g/mol. The van der Waals surface area contributed by atoms with Crippen LogP contribution >= 0.6 is 11.3 Å². The lowest BCUT2D eigenvalue weighted by molar-refractivity contribution is -0.00534. The minimum atomic E-state index is 0.467. The maximum atomic E-state index is 5.20. The van der Waals surface area contributed by atoms with Gasteiger partial charge in [-0.25, -0.2) is 4.98 Å². The maximum absolute atomic E-state index is 5.20. The van der Waals surface area contributed by atoms with Crippen molar-refractivity contribution >= 4 is 11.3 Å². The first-order valence-electron chi connectivity index (χ1n) is 8.74. The molecule has 0 atom stereocenters. The normalized spacial score (nSPS) is 37.6. The van der Waals surface area contributed by atoms with E-state index in [9.17, 15) is 0 Å². The quantitative estimate of drug-likeness (QED) is 0.888. The van der Waals surface area contributed by atoms with E-state index in [-0.39, 0.29) is 0 Å². The highest BCUT2D eigenvalue weighted by Gasteiger charge is 2.53. The number of nitrogens with zero attached hydrogens (tertiary/aromatic N) is 1. The first-order valence-corrected chi connectivity index (χ1v) is 9.56. The molecule has 1 N–H and O–H groups in total. The molecule has 1 aromatic rings. The van der Waals surface area contributed by atoms with Crippen molar-refractivity contribution in [3.8, 4) is 0 Å². The molecule has 1 aromatic heterocycles. The Labute approximate surface area is 132 Å². The fraction of sp³-hybridized carbons (Fsp3) is 0.833. The highest BCUT2D eigenvalue weighted by atomic mass is 32.1. The SMILES string of the molecule is CNCc1sc(C23CC4CC(CC(C4)C2)C3)nc1C(C)C. The Bertz CT molecular complexity index is 496. The van der Waals surface area contributed by atoms with Gasteiger partial charge in [0, 0.05) is 16.8 Å². The van der Waals surface area contributed by atoms with Crippen molar-refractivity contribution in [3.63, 3.8) is 0 Å². The second-order valence-electron chi connectivity index (χ2n) is 8.21. The Morgan fingerprint density at radius 3 is 2.19 bits per heavy atom. The summed E-state index contributed by atoms with van der Waals surface area (Å²) in [5.41, 5.74) is 1.83. The van der Waals surface area contributed by atoms with Gasteiger partial charge in [-0.3, -0.25) is 0 Å². The first kappa shape index (κ1) is 14.2. The summed E-state index contributed by atoms with van der Waals surface area (Å²) in [4.78, 5) is 6.68. The lowest BCUT2D eigenvalue weighted by Gasteiger charge is -2.56. The molecule has 4 saturated carbocycles. The zero-order valence-corrected chi connectivity index (χ0v) is 14.4. The van der Waals surface area contributed by atoms with E-state index < -0.39 is 0 Å². The Balaban J connectivity index is 1.71. The molecule has 0 amide bonds. The van der Waals surface area contributed by atoms with E-state index in [0.717, 1.165) is 24.3 Å². The monoisotopic (exact) mass is 304 g/mol. The van der Waals surface area contributed by atoms with Crippen LogP contribution in [0, 0.1) is 17.8 Å². The summed E-state index contributed by atoms with van der Waals surface area (Å²) >= 11 is 2.03. The molecule has 4 bridgehead atoms. The summed E-state index contributed by atoms with van der Waals surface area (Å²) in [6.45, 7) is 5.56. The lowest BCUT2D eigenvalue weighted by Crippen LogP contribution is -2.48. The molecule has 4 fully saturated rings. The van der Waals surface area contributed by atoms with Gasteiger partial charge in [0.25, 0.3) is 0 Å². The molecule has 5 rings (SSSR count). The highest BCUT2D eigenvalue weighted by Crippen LogP contribution is 2.61. The minimum absolute atomic E-state index is 0.467. The van der Waals surface area contributed by atoms with Crippen molar-refractivity contribution in [2.24, 2.45) is 17.8 Å². The minimum Gasteiger partial charge on any atom is -0.315 e. The molecule has 0 aliphatic heterocycles. The van der Waals surface area contributed by atoms with Crippen molar-refractivity contribution in [3.05, 3.63) is 15.6 Å². The third-order valence-corrected chi connectivity index (χ3v) is 7.42. The van der Waals surface area contributed by atoms with Crippen LogP contribution in [0.25, 0.3) is 0 Å². The summed E-state index contributed by atoms with van der Waals surface area (Å²) in [6.07, 6.45) is 8.86. The molecule has 3 heteroatoms. The summed E-state index contributed by atoms with van der Waals surface area (Å²) in [5.74, 6) is 3.58. The number of rotatable bonds is 4. The third-order valence-electron chi connectivity index (χ3n) is 6.10. The topological polar surface area (TPSA) is 24.9 Å². The largest absolute Gasteiger partial charge is 0.315 e. The predicted molar refractivity (Wildman–Crippen MR) is 88.8 cm³/mol. The zero-order valence-electron chi connectivity index (χ0n) is 13.6. The van der Waals surface area contributed by atoms with Crippen LogP contribution < -0.4 is 5.32 Å². The van der Waals surface area contributed by atoms with Crippen LogP contribution in [-0.2, 0) is 12.0 Å². The number of hydrogen-bond acceptors (Lipinski definition) is 3. The predicted octanol–water partition coefficient (Wildman–Crippen LogP) is 4.45. The van der Waals surface area contributed by atoms with E-state index in [1.54, 1.807) is 0 Å². The van der Waals surface area contributed by atoms with E-state index >= 15 is 0 Å². The van der Waals surface area contributed by atoms with Gasteiger partial charge < -0.3 is 5.32 Å². The molecule has 0 aromatic carbocycles. The highest BCUT2D eigenvalue weighted by molar-refractivity contribution is 7.11. The van der Waals surface area contributed by atoms with Crippen molar-refractivity contribution in [2.45, 2.75) is 70.3 Å². The zero-order chi connectivity index (χ0) is 14.6. The fourth-order valence-electron chi connectivity index (χ4n) is 5.70. The van der Waals surface area contributed by atoms with Crippen LogP contribution in [0.15, 0.2) is 0 Å². The van der Waals surface area contributed by atoms with E-state index in [0.29, 0.717) is 11.3 Å². The van der Waals surface area contributed by atoms with Gasteiger partial charge in [0.15, 0.2) is 0 Å². The van der Waals surface area contributed by atoms with Crippen molar-refractivity contribution < 1.29 is 0 Å². The fourth-order valence-corrected chi connectivity index (χ4v) is 7.15. The molecule has 4 aliphatic carbocycles. The summed E-state index contributed by atoms with van der Waals surface area (Å²) in [6, 6.07) is 0. The van der Waals surface area contributed by atoms with E-state index in [4.69, 9.17) is 4.98 Å². The van der Waals surface area contributed by atoms with E-state index in [2.05, 4.69) is 19.2 Å². The third kappa shape index (κ3) is 2.28. The summed E-state index contributed by atoms with van der Waals surface area (Å²) in [7, 11) is 2.05. The van der Waals surface area contributed by atoms with Gasteiger partial charge in [-0.1, -0.05) is 13.8 Å². The Kier molecular flexibility index (Phi) is 3.42. The molecule has 116 valence electrons. The first-order chi connectivity index (χ1) is 10.1. The van der Waals surface area contributed by atoms with Crippen molar-refractivity contribution in [1.82, 2.24) is 10.3 Å². The van der Waals surface area contributed by atoms with Crippen LogP contribution in [0.1, 0.15) is 73.9 Å². The van der Waals surface area contributed by atoms with Gasteiger partial charge in [-0.15, -0.1) is 11.3 Å². The molecule has 0 spiro atoms. The van der Waals surface area contributed by atoms with Crippen LogP contribution in [0.5, 0.6) is 0 Å². The average Bonchev–Trinajstić information content (AvgIpc) is 2.82. The second kappa shape index (κ2) is 5.06. The summed E-state index contributed by atoms with van der Waals surface area (Å²) < 4.78 is 0. The van der Waals surface area contributed by atoms with Gasteiger partial charge in [0.2, 0.25) is 0 Å². The van der Waals surface area contributed by atoms with E-state index in [1.165, 1.54) is 54.1 Å². The molecule has 0 saturated heterocycles. The number of aromatic nitrogens is 1.